The lowest BCUT2D eigenvalue weighted by Crippen LogP contribution is -2.59. The van der Waals surface area contributed by atoms with Crippen LogP contribution in [0.5, 0.6) is 6.01 Å². The molecule has 3 aromatic heterocycles. The minimum absolute atomic E-state index is 0.0308. The topological polar surface area (TPSA) is 131 Å². The molecule has 236 valence electrons. The molecule has 0 amide bonds. The first kappa shape index (κ1) is 28.4. The zero-order valence-electron chi connectivity index (χ0n) is 25.6. The van der Waals surface area contributed by atoms with E-state index in [9.17, 15) is 4.79 Å². The smallest absolute Gasteiger partial charge is 0.461 e. The highest BCUT2D eigenvalue weighted by Gasteiger charge is 2.45. The maximum absolute atomic E-state index is 17.0. The standard InChI is InChI=1S/C32H37FN8O4/c1-19-12-23-21(14-36-39-23)24-20(19)6-3-11-43-30(42)45-31(2)15-34-18-40(16-31)28-22-13-35-27(24)25(33)26(22)37-29(38-28)44-17-32-7-4-9-41(32)10-5-8-32/h12-14,34H,3-11,15-18H2,1-2H3,(H,36,39). The van der Waals surface area contributed by atoms with Gasteiger partial charge in [-0.1, -0.05) is 0 Å². The number of halogens is 1. The molecule has 5 aliphatic heterocycles. The summed E-state index contributed by atoms with van der Waals surface area (Å²) in [5.41, 5.74) is 2.67. The number of aromatic nitrogens is 5. The van der Waals surface area contributed by atoms with Gasteiger partial charge < -0.3 is 19.1 Å². The monoisotopic (exact) mass is 616 g/mol. The Morgan fingerprint density at radius 3 is 2.82 bits per heavy atom. The second-order valence-corrected chi connectivity index (χ2v) is 13.1. The van der Waals surface area contributed by atoms with Crippen LogP contribution in [-0.2, 0) is 15.9 Å². The maximum Gasteiger partial charge on any atom is 0.508 e. The third-order valence-electron chi connectivity index (χ3n) is 9.99. The Balaban J connectivity index is 1.31. The van der Waals surface area contributed by atoms with Crippen LogP contribution < -0.4 is 15.0 Å². The van der Waals surface area contributed by atoms with Gasteiger partial charge in [0.2, 0.25) is 0 Å². The van der Waals surface area contributed by atoms with Crippen molar-refractivity contribution in [2.75, 3.05) is 51.0 Å². The Morgan fingerprint density at radius 2 is 1.98 bits per heavy atom. The first-order valence-corrected chi connectivity index (χ1v) is 15.8. The van der Waals surface area contributed by atoms with Crippen LogP contribution in [0.2, 0.25) is 0 Å². The summed E-state index contributed by atoms with van der Waals surface area (Å²) in [7, 11) is 0. The first-order valence-electron chi connectivity index (χ1n) is 15.8. The number of nitrogens with zero attached hydrogens (tertiary/aromatic N) is 6. The highest BCUT2D eigenvalue weighted by molar-refractivity contribution is 5.99. The number of aryl methyl sites for hydroxylation is 1. The summed E-state index contributed by atoms with van der Waals surface area (Å²) in [6, 6.07) is 2.12. The van der Waals surface area contributed by atoms with Crippen LogP contribution in [0.4, 0.5) is 15.0 Å². The number of rotatable bonds is 3. The van der Waals surface area contributed by atoms with Gasteiger partial charge in [-0.15, -0.1) is 0 Å². The fraction of sp³-hybridized carbons (Fsp3) is 0.531. The molecule has 1 aromatic carbocycles. The number of anilines is 1. The summed E-state index contributed by atoms with van der Waals surface area (Å²) in [5, 5.41) is 11.8. The lowest BCUT2D eigenvalue weighted by Gasteiger charge is -2.40. The molecule has 1 unspecified atom stereocenters. The van der Waals surface area contributed by atoms with Gasteiger partial charge in [-0.2, -0.15) is 15.1 Å². The van der Waals surface area contributed by atoms with E-state index in [0.29, 0.717) is 56.0 Å². The van der Waals surface area contributed by atoms with Crippen LogP contribution in [0.15, 0.2) is 18.5 Å². The summed E-state index contributed by atoms with van der Waals surface area (Å²) in [6.07, 6.45) is 8.07. The van der Waals surface area contributed by atoms with Crippen LogP contribution in [-0.4, -0.2) is 93.4 Å². The molecule has 0 spiro atoms. The summed E-state index contributed by atoms with van der Waals surface area (Å²) < 4.78 is 34.7. The number of fused-ring (bicyclic) bond motifs is 8. The van der Waals surface area contributed by atoms with Crippen LogP contribution in [0.1, 0.15) is 50.2 Å². The lowest BCUT2D eigenvalue weighted by atomic mass is 9.92. The van der Waals surface area contributed by atoms with Crippen molar-refractivity contribution in [3.8, 4) is 17.3 Å². The Morgan fingerprint density at radius 1 is 1.13 bits per heavy atom. The number of H-pyrrole nitrogens is 1. The molecular weight excluding hydrogens is 579 g/mol. The Kier molecular flexibility index (Phi) is 6.79. The fourth-order valence-corrected chi connectivity index (χ4v) is 7.85. The molecule has 12 nitrogen and oxygen atoms in total. The Hall–Kier alpha value is -4.10. The van der Waals surface area contributed by atoms with E-state index in [-0.39, 0.29) is 29.4 Å². The van der Waals surface area contributed by atoms with Crippen LogP contribution in [0.25, 0.3) is 33.1 Å². The van der Waals surface area contributed by atoms with Crippen molar-refractivity contribution in [2.45, 2.75) is 63.5 Å². The maximum atomic E-state index is 17.0. The number of benzene rings is 1. The summed E-state index contributed by atoms with van der Waals surface area (Å²) in [6.45, 7) is 7.69. The summed E-state index contributed by atoms with van der Waals surface area (Å²) >= 11 is 0. The second-order valence-electron chi connectivity index (χ2n) is 13.1. The van der Waals surface area contributed by atoms with E-state index in [1.165, 1.54) is 0 Å². The van der Waals surface area contributed by atoms with E-state index < -0.39 is 17.6 Å². The molecule has 13 heteroatoms. The minimum Gasteiger partial charge on any atom is -0.461 e. The van der Waals surface area contributed by atoms with Gasteiger partial charge in [0.25, 0.3) is 0 Å². The molecule has 5 aliphatic rings. The number of carbonyl (C=O) groups excluding carboxylic acids is 1. The van der Waals surface area contributed by atoms with Gasteiger partial charge in [-0.25, -0.2) is 9.18 Å². The van der Waals surface area contributed by atoms with Gasteiger partial charge >= 0.3 is 12.2 Å². The average Bonchev–Trinajstić information content (AvgIpc) is 3.74. The number of aromatic amines is 1. The molecule has 3 fully saturated rings. The van der Waals surface area contributed by atoms with Crippen LogP contribution in [0.3, 0.4) is 0 Å². The molecule has 0 aliphatic carbocycles. The van der Waals surface area contributed by atoms with Gasteiger partial charge in [0, 0.05) is 23.7 Å². The Bertz CT molecular complexity index is 1800. The SMILES string of the molecule is Cc1cc2[nH]ncc2c2c1CCCOC(=O)OC1(C)CNCN(C1)c1nc(OCC34CCCN3CCC4)nc3c(F)c-2ncc13. The highest BCUT2D eigenvalue weighted by atomic mass is 19.1. The fourth-order valence-electron chi connectivity index (χ4n) is 7.85. The third-order valence-corrected chi connectivity index (χ3v) is 9.99. The van der Waals surface area contributed by atoms with Gasteiger partial charge in [0.15, 0.2) is 5.82 Å². The quantitative estimate of drug-likeness (QED) is 0.321. The molecular formula is C32H37FN8O4. The molecule has 45 heavy (non-hydrogen) atoms. The number of hydrogen-bond donors (Lipinski definition) is 2. The predicted octanol–water partition coefficient (Wildman–Crippen LogP) is 4.25. The largest absolute Gasteiger partial charge is 0.508 e. The van der Waals surface area contributed by atoms with Crippen molar-refractivity contribution < 1.29 is 23.4 Å². The van der Waals surface area contributed by atoms with Crippen LogP contribution >= 0.6 is 0 Å². The Labute approximate surface area is 259 Å². The number of ether oxygens (including phenoxy) is 3. The summed E-state index contributed by atoms with van der Waals surface area (Å²) in [4.78, 5) is 31.5. The molecule has 4 aromatic rings. The van der Waals surface area contributed by atoms with E-state index in [2.05, 4.69) is 20.4 Å². The van der Waals surface area contributed by atoms with Crippen molar-refractivity contribution in [2.24, 2.45) is 0 Å². The van der Waals surface area contributed by atoms with Gasteiger partial charge in [0.05, 0.1) is 42.5 Å². The van der Waals surface area contributed by atoms with E-state index in [1.54, 1.807) is 12.4 Å². The normalized spacial score (nSPS) is 23.4. The average molecular weight is 617 g/mol. The zero-order valence-corrected chi connectivity index (χ0v) is 25.6. The van der Waals surface area contributed by atoms with E-state index in [0.717, 1.165) is 60.8 Å². The molecule has 0 saturated carbocycles. The first-order chi connectivity index (χ1) is 21.8. The number of nitrogens with one attached hydrogen (secondary N) is 2. The minimum atomic E-state index is -0.917. The van der Waals surface area contributed by atoms with E-state index in [4.69, 9.17) is 29.2 Å². The molecule has 0 radical (unpaired) electrons. The van der Waals surface area contributed by atoms with E-state index in [1.807, 2.05) is 24.8 Å². The molecule has 2 N–H and O–H groups in total. The highest BCUT2D eigenvalue weighted by Crippen LogP contribution is 2.41. The van der Waals surface area contributed by atoms with Crippen molar-refractivity contribution in [3.63, 3.8) is 0 Å². The molecule has 8 heterocycles. The molecule has 9 rings (SSSR count). The van der Waals surface area contributed by atoms with Crippen molar-refractivity contribution >= 4 is 33.8 Å². The third kappa shape index (κ3) is 4.83. The number of pyridine rings is 1. The number of carbonyl (C=O) groups is 1. The van der Waals surface area contributed by atoms with Crippen molar-refractivity contribution in [1.82, 2.24) is 35.4 Å². The second kappa shape index (κ2) is 10.8. The summed E-state index contributed by atoms with van der Waals surface area (Å²) in [5.74, 6) is -0.0834. The van der Waals surface area contributed by atoms with Gasteiger partial charge in [0.1, 0.15) is 29.2 Å². The van der Waals surface area contributed by atoms with Crippen molar-refractivity contribution in [1.29, 1.82) is 0 Å². The molecule has 6 bridgehead atoms. The lowest BCUT2D eigenvalue weighted by molar-refractivity contribution is -0.0272. The van der Waals surface area contributed by atoms with Gasteiger partial charge in [-0.05, 0) is 82.7 Å². The predicted molar refractivity (Wildman–Crippen MR) is 165 cm³/mol. The number of hydrogen-bond acceptors (Lipinski definition) is 11. The van der Waals surface area contributed by atoms with Crippen LogP contribution in [0, 0.1) is 12.7 Å². The van der Waals surface area contributed by atoms with E-state index >= 15 is 4.39 Å². The zero-order chi connectivity index (χ0) is 30.8. The van der Waals surface area contributed by atoms with Gasteiger partial charge in [-0.3, -0.25) is 20.3 Å². The van der Waals surface area contributed by atoms with Crippen molar-refractivity contribution in [3.05, 3.63) is 35.4 Å². The molecule has 1 atom stereocenters. The molecule has 3 saturated heterocycles.